The van der Waals surface area contributed by atoms with Crippen LogP contribution in [-0.2, 0) is 0 Å². The Morgan fingerprint density at radius 3 is 2.06 bits per heavy atom. The predicted molar refractivity (Wildman–Crippen MR) is 125 cm³/mol. The van der Waals surface area contributed by atoms with E-state index in [0.29, 0.717) is 15.8 Å². The number of benzene rings is 2. The van der Waals surface area contributed by atoms with Gasteiger partial charge >= 0.3 is 17.8 Å². The SMILES string of the molecule is Cc1ccc2sc(C)c(C3=C(c4nc(-c5ccccc5)sc4C)C(F)(F)C(F)(F)C3(F)F)c2c1. The van der Waals surface area contributed by atoms with Crippen LogP contribution < -0.4 is 0 Å². The molecule has 0 spiro atoms. The fourth-order valence-corrected chi connectivity index (χ4v) is 6.33. The van der Waals surface area contributed by atoms with Gasteiger partial charge in [-0.3, -0.25) is 0 Å². The normalized spacial score (nSPS) is 18.7. The number of thiazole rings is 1. The van der Waals surface area contributed by atoms with Gasteiger partial charge in [-0.2, -0.15) is 26.3 Å². The van der Waals surface area contributed by atoms with Crippen molar-refractivity contribution in [3.63, 3.8) is 0 Å². The summed E-state index contributed by atoms with van der Waals surface area (Å²) < 4.78 is 91.4. The summed E-state index contributed by atoms with van der Waals surface area (Å²) in [7, 11) is 0. The van der Waals surface area contributed by atoms with Crippen molar-refractivity contribution in [2.45, 2.75) is 38.5 Å². The molecule has 0 atom stereocenters. The van der Waals surface area contributed by atoms with Gasteiger partial charge < -0.3 is 0 Å². The van der Waals surface area contributed by atoms with Crippen molar-refractivity contribution in [1.29, 1.82) is 0 Å². The van der Waals surface area contributed by atoms with Gasteiger partial charge in [0.25, 0.3) is 0 Å². The molecule has 0 fully saturated rings. The first-order valence-corrected chi connectivity index (χ1v) is 11.9. The van der Waals surface area contributed by atoms with Crippen molar-refractivity contribution in [2.75, 3.05) is 0 Å². The van der Waals surface area contributed by atoms with Gasteiger partial charge in [-0.1, -0.05) is 42.0 Å². The van der Waals surface area contributed by atoms with Crippen LogP contribution in [-0.4, -0.2) is 22.8 Å². The highest BCUT2D eigenvalue weighted by atomic mass is 32.1. The molecule has 34 heavy (non-hydrogen) atoms. The van der Waals surface area contributed by atoms with Gasteiger partial charge in [0, 0.05) is 36.5 Å². The highest BCUT2D eigenvalue weighted by Crippen LogP contribution is 2.66. The molecular formula is C25H17F6NS2. The van der Waals surface area contributed by atoms with Crippen molar-refractivity contribution in [3.8, 4) is 10.6 Å². The molecule has 1 aliphatic carbocycles. The lowest BCUT2D eigenvalue weighted by atomic mass is 9.94. The number of hydrogen-bond donors (Lipinski definition) is 0. The van der Waals surface area contributed by atoms with Crippen LogP contribution in [0.5, 0.6) is 0 Å². The van der Waals surface area contributed by atoms with Crippen molar-refractivity contribution >= 4 is 43.9 Å². The maximum Gasteiger partial charge on any atom is 0.380 e. The van der Waals surface area contributed by atoms with E-state index in [9.17, 15) is 8.78 Å². The molecule has 5 rings (SSSR count). The summed E-state index contributed by atoms with van der Waals surface area (Å²) in [5.41, 5.74) is -2.25. The molecule has 0 saturated heterocycles. The van der Waals surface area contributed by atoms with Gasteiger partial charge in [-0.05, 0) is 32.9 Å². The summed E-state index contributed by atoms with van der Waals surface area (Å²) in [4.78, 5) is 4.62. The maximum absolute atomic E-state index is 15.3. The van der Waals surface area contributed by atoms with E-state index < -0.39 is 34.6 Å². The Kier molecular flexibility index (Phi) is 5.04. The third kappa shape index (κ3) is 3.02. The van der Waals surface area contributed by atoms with Gasteiger partial charge in [0.1, 0.15) is 5.01 Å². The summed E-state index contributed by atoms with van der Waals surface area (Å²) in [6.45, 7) is 4.63. The molecule has 1 nitrogen and oxygen atoms in total. The molecule has 0 radical (unpaired) electrons. The van der Waals surface area contributed by atoms with Crippen LogP contribution in [0.25, 0.3) is 31.8 Å². The Balaban J connectivity index is 1.89. The van der Waals surface area contributed by atoms with Gasteiger partial charge in [-0.15, -0.1) is 22.7 Å². The van der Waals surface area contributed by atoms with Crippen molar-refractivity contribution in [1.82, 2.24) is 4.98 Å². The molecular weight excluding hydrogens is 492 g/mol. The molecule has 2 aromatic carbocycles. The van der Waals surface area contributed by atoms with Crippen LogP contribution in [0, 0.1) is 20.8 Å². The van der Waals surface area contributed by atoms with Crippen molar-refractivity contribution in [3.05, 3.63) is 75.1 Å². The minimum Gasteiger partial charge on any atom is -0.236 e. The van der Waals surface area contributed by atoms with Gasteiger partial charge in [0.15, 0.2) is 0 Å². The molecule has 0 N–H and O–H groups in total. The predicted octanol–water partition coefficient (Wildman–Crippen LogP) is 8.78. The highest BCUT2D eigenvalue weighted by molar-refractivity contribution is 7.19. The van der Waals surface area contributed by atoms with Crippen LogP contribution in [0.1, 0.15) is 26.6 Å². The second kappa shape index (κ2) is 7.42. The summed E-state index contributed by atoms with van der Waals surface area (Å²) in [6.07, 6.45) is 0. The van der Waals surface area contributed by atoms with Crippen LogP contribution in [0.2, 0.25) is 0 Å². The zero-order valence-electron chi connectivity index (χ0n) is 18.2. The molecule has 0 saturated carbocycles. The number of hydrogen-bond acceptors (Lipinski definition) is 3. The largest absolute Gasteiger partial charge is 0.380 e. The lowest BCUT2D eigenvalue weighted by Crippen LogP contribution is -2.49. The number of allylic oxidation sites excluding steroid dienone is 2. The minimum atomic E-state index is -5.61. The number of fused-ring (bicyclic) bond motifs is 1. The summed E-state index contributed by atoms with van der Waals surface area (Å²) >= 11 is 2.10. The van der Waals surface area contributed by atoms with Crippen molar-refractivity contribution in [2.24, 2.45) is 0 Å². The highest BCUT2D eigenvalue weighted by Gasteiger charge is 2.81. The quantitative estimate of drug-likeness (QED) is 0.252. The van der Waals surface area contributed by atoms with E-state index in [2.05, 4.69) is 4.98 Å². The zero-order chi connectivity index (χ0) is 24.6. The van der Waals surface area contributed by atoms with E-state index in [1.54, 1.807) is 55.5 Å². The first kappa shape index (κ1) is 23.1. The molecule has 4 aromatic rings. The topological polar surface area (TPSA) is 12.9 Å². The van der Waals surface area contributed by atoms with Crippen LogP contribution in [0.15, 0.2) is 48.5 Å². The van der Waals surface area contributed by atoms with Crippen LogP contribution in [0.3, 0.4) is 0 Å². The van der Waals surface area contributed by atoms with E-state index >= 15 is 17.6 Å². The fourth-order valence-electron chi connectivity index (χ4n) is 4.35. The Labute approximate surface area is 199 Å². The summed E-state index contributed by atoms with van der Waals surface area (Å²) in [6, 6.07) is 13.6. The number of alkyl halides is 6. The first-order chi connectivity index (χ1) is 15.9. The number of aromatic nitrogens is 1. The summed E-state index contributed by atoms with van der Waals surface area (Å²) in [5.74, 6) is -15.8. The third-order valence-corrected chi connectivity index (χ3v) is 8.10. The van der Waals surface area contributed by atoms with Gasteiger partial charge in [0.05, 0.1) is 11.3 Å². The summed E-state index contributed by atoms with van der Waals surface area (Å²) in [5, 5.41) is 0.538. The van der Waals surface area contributed by atoms with E-state index in [0.717, 1.165) is 22.7 Å². The second-order valence-corrected chi connectivity index (χ2v) is 10.8. The van der Waals surface area contributed by atoms with Crippen molar-refractivity contribution < 1.29 is 26.3 Å². The Morgan fingerprint density at radius 1 is 0.735 bits per heavy atom. The smallest absolute Gasteiger partial charge is 0.236 e. The molecule has 176 valence electrons. The van der Waals surface area contributed by atoms with E-state index in [1.165, 1.54) is 13.8 Å². The fraction of sp³-hybridized carbons (Fsp3) is 0.240. The number of thiophene rings is 1. The standard InChI is InChI=1S/C25H17F6NS2/c1-12-9-10-17-16(11-12)18(13(2)33-17)19-20(24(28,29)25(30,31)23(19,26)27)21-14(3)34-22(32-21)15-7-5-4-6-8-15/h4-11H,1-3H3. The van der Waals surface area contributed by atoms with Crippen LogP contribution >= 0.6 is 22.7 Å². The molecule has 0 amide bonds. The van der Waals surface area contributed by atoms with Gasteiger partial charge in [0.2, 0.25) is 0 Å². The molecule has 0 aliphatic heterocycles. The lowest BCUT2D eigenvalue weighted by Gasteiger charge is -2.25. The van der Waals surface area contributed by atoms with E-state index in [1.807, 2.05) is 0 Å². The first-order valence-electron chi connectivity index (χ1n) is 10.3. The molecule has 2 aromatic heterocycles. The van der Waals surface area contributed by atoms with Gasteiger partial charge in [-0.25, -0.2) is 4.98 Å². The zero-order valence-corrected chi connectivity index (χ0v) is 19.8. The number of aryl methyl sites for hydroxylation is 3. The average Bonchev–Trinajstić information content (AvgIpc) is 3.33. The Bertz CT molecular complexity index is 1460. The Hall–Kier alpha value is -2.65. The number of halogens is 6. The average molecular weight is 510 g/mol. The van der Waals surface area contributed by atoms with E-state index in [4.69, 9.17) is 0 Å². The lowest BCUT2D eigenvalue weighted by molar-refractivity contribution is -0.254. The maximum atomic E-state index is 15.3. The molecule has 1 aliphatic rings. The van der Waals surface area contributed by atoms with E-state index in [-0.39, 0.29) is 25.7 Å². The second-order valence-electron chi connectivity index (χ2n) is 8.30. The molecule has 0 bridgehead atoms. The Morgan fingerprint density at radius 2 is 1.38 bits per heavy atom. The minimum absolute atomic E-state index is 0.160. The monoisotopic (exact) mass is 509 g/mol. The molecule has 9 heteroatoms. The number of rotatable bonds is 3. The molecule has 2 heterocycles. The third-order valence-electron chi connectivity index (χ3n) is 5.99. The van der Waals surface area contributed by atoms with Crippen LogP contribution in [0.4, 0.5) is 26.3 Å². The molecule has 0 unspecified atom stereocenters. The number of nitrogens with zero attached hydrogens (tertiary/aromatic N) is 1.